The van der Waals surface area contributed by atoms with Gasteiger partial charge < -0.3 is 14.8 Å². The standard InChI is InChI=1S/C25H23N3O4S/c1-25(2,24(30)31)12-11-22-27-14-21(33-22)17-7-9-19(10-8-17)28-23(29)18-5-3-16(4-6-18)20-13-26-15-32-20/h3-10,13-15H,11-12H2,1-2H3,(H,28,29)(H,30,31). The lowest BCUT2D eigenvalue weighted by molar-refractivity contribution is -0.147. The average Bonchev–Trinajstić information content (AvgIpc) is 3.51. The number of aryl methyl sites for hydroxylation is 1. The first kappa shape index (κ1) is 22.4. The Hall–Kier alpha value is -3.78. The van der Waals surface area contributed by atoms with Crippen LogP contribution in [0.1, 0.15) is 35.6 Å². The van der Waals surface area contributed by atoms with E-state index in [1.165, 1.54) is 6.39 Å². The van der Waals surface area contributed by atoms with Gasteiger partial charge in [-0.25, -0.2) is 9.97 Å². The zero-order valence-electron chi connectivity index (χ0n) is 18.2. The lowest BCUT2D eigenvalue weighted by Gasteiger charge is -2.17. The quantitative estimate of drug-likeness (QED) is 0.346. The molecule has 168 valence electrons. The number of aliphatic carboxylic acids is 1. The highest BCUT2D eigenvalue weighted by molar-refractivity contribution is 7.15. The zero-order valence-corrected chi connectivity index (χ0v) is 19.1. The fourth-order valence-corrected chi connectivity index (χ4v) is 4.07. The molecule has 0 atom stereocenters. The molecule has 0 radical (unpaired) electrons. The van der Waals surface area contributed by atoms with Crippen molar-refractivity contribution in [3.05, 3.63) is 77.9 Å². The van der Waals surface area contributed by atoms with E-state index in [0.29, 0.717) is 29.9 Å². The topological polar surface area (TPSA) is 105 Å². The summed E-state index contributed by atoms with van der Waals surface area (Å²) in [6, 6.07) is 14.7. The van der Waals surface area contributed by atoms with Crippen LogP contribution in [-0.2, 0) is 11.2 Å². The molecule has 2 heterocycles. The lowest BCUT2D eigenvalue weighted by Crippen LogP contribution is -2.24. The van der Waals surface area contributed by atoms with Gasteiger partial charge in [0.1, 0.15) is 0 Å². The Labute approximate surface area is 195 Å². The lowest BCUT2D eigenvalue weighted by atomic mass is 9.88. The molecule has 2 aromatic carbocycles. The van der Waals surface area contributed by atoms with Crippen molar-refractivity contribution in [3.63, 3.8) is 0 Å². The molecule has 4 rings (SSSR count). The minimum Gasteiger partial charge on any atom is -0.481 e. The van der Waals surface area contributed by atoms with Crippen molar-refractivity contribution in [3.8, 4) is 21.8 Å². The van der Waals surface area contributed by atoms with Crippen molar-refractivity contribution in [2.24, 2.45) is 5.41 Å². The number of nitrogens with one attached hydrogen (secondary N) is 1. The molecule has 2 N–H and O–H groups in total. The molecule has 0 unspecified atom stereocenters. The number of amides is 1. The van der Waals surface area contributed by atoms with E-state index >= 15 is 0 Å². The highest BCUT2D eigenvalue weighted by atomic mass is 32.1. The number of benzene rings is 2. The molecular formula is C25H23N3O4S. The molecule has 0 spiro atoms. The number of hydrogen-bond donors (Lipinski definition) is 2. The van der Waals surface area contributed by atoms with Crippen molar-refractivity contribution in [2.75, 3.05) is 5.32 Å². The molecule has 0 saturated heterocycles. The Morgan fingerprint density at radius 1 is 1.03 bits per heavy atom. The summed E-state index contributed by atoms with van der Waals surface area (Å²) in [4.78, 5) is 33.2. The van der Waals surface area contributed by atoms with Gasteiger partial charge >= 0.3 is 5.97 Å². The van der Waals surface area contributed by atoms with Gasteiger partial charge in [0.05, 0.1) is 21.5 Å². The van der Waals surface area contributed by atoms with E-state index in [1.807, 2.05) is 36.4 Å². The van der Waals surface area contributed by atoms with E-state index in [2.05, 4.69) is 15.3 Å². The fourth-order valence-electron chi connectivity index (χ4n) is 3.15. The number of aromatic nitrogens is 2. The molecule has 0 saturated carbocycles. The molecule has 33 heavy (non-hydrogen) atoms. The summed E-state index contributed by atoms with van der Waals surface area (Å²) in [6.07, 6.45) is 5.94. The predicted molar refractivity (Wildman–Crippen MR) is 127 cm³/mol. The number of carbonyl (C=O) groups is 2. The molecule has 8 heteroatoms. The van der Waals surface area contributed by atoms with Crippen molar-refractivity contribution < 1.29 is 19.1 Å². The monoisotopic (exact) mass is 461 g/mol. The third-order valence-corrected chi connectivity index (χ3v) is 6.49. The van der Waals surface area contributed by atoms with E-state index in [1.54, 1.807) is 49.7 Å². The summed E-state index contributed by atoms with van der Waals surface area (Å²) in [5.74, 6) is -0.356. The number of carbonyl (C=O) groups excluding carboxylic acids is 1. The predicted octanol–water partition coefficient (Wildman–Crippen LogP) is 5.76. The molecule has 2 aromatic heterocycles. The minimum atomic E-state index is -0.803. The van der Waals surface area contributed by atoms with Crippen molar-refractivity contribution in [2.45, 2.75) is 26.7 Å². The number of oxazole rings is 1. The summed E-state index contributed by atoms with van der Waals surface area (Å²) in [5, 5.41) is 13.1. The fraction of sp³-hybridized carbons (Fsp3) is 0.200. The van der Waals surface area contributed by atoms with Crippen LogP contribution in [0, 0.1) is 5.41 Å². The Bertz CT molecular complexity index is 1240. The second kappa shape index (κ2) is 9.38. The van der Waals surface area contributed by atoms with Crippen LogP contribution in [0.15, 0.2) is 71.7 Å². The van der Waals surface area contributed by atoms with E-state index in [0.717, 1.165) is 21.0 Å². The van der Waals surface area contributed by atoms with Crippen LogP contribution in [0.2, 0.25) is 0 Å². The molecule has 0 bridgehead atoms. The normalized spacial score (nSPS) is 11.3. The molecular weight excluding hydrogens is 438 g/mol. The summed E-state index contributed by atoms with van der Waals surface area (Å²) < 4.78 is 5.26. The third-order valence-electron chi connectivity index (χ3n) is 5.39. The van der Waals surface area contributed by atoms with Gasteiger partial charge in [-0.05, 0) is 50.1 Å². The number of thiazole rings is 1. The Morgan fingerprint density at radius 3 is 2.36 bits per heavy atom. The summed E-state index contributed by atoms with van der Waals surface area (Å²) in [7, 11) is 0. The van der Waals surface area contributed by atoms with Crippen molar-refractivity contribution in [1.29, 1.82) is 0 Å². The first-order chi connectivity index (χ1) is 15.8. The number of carboxylic acid groups (broad SMARTS) is 1. The summed E-state index contributed by atoms with van der Waals surface area (Å²) >= 11 is 1.55. The molecule has 7 nitrogen and oxygen atoms in total. The van der Waals surface area contributed by atoms with Crippen LogP contribution in [-0.4, -0.2) is 27.0 Å². The van der Waals surface area contributed by atoms with Crippen LogP contribution < -0.4 is 5.32 Å². The number of hydrogen-bond acceptors (Lipinski definition) is 6. The van der Waals surface area contributed by atoms with Crippen LogP contribution >= 0.6 is 11.3 Å². The second-order valence-electron chi connectivity index (χ2n) is 8.28. The Morgan fingerprint density at radius 2 is 1.73 bits per heavy atom. The smallest absolute Gasteiger partial charge is 0.309 e. The van der Waals surface area contributed by atoms with Gasteiger partial charge in [0, 0.05) is 29.4 Å². The van der Waals surface area contributed by atoms with Gasteiger partial charge in [0.15, 0.2) is 12.2 Å². The minimum absolute atomic E-state index is 0.201. The molecule has 0 fully saturated rings. The van der Waals surface area contributed by atoms with E-state index < -0.39 is 11.4 Å². The van der Waals surface area contributed by atoms with Crippen LogP contribution in [0.25, 0.3) is 21.8 Å². The van der Waals surface area contributed by atoms with Gasteiger partial charge in [-0.2, -0.15) is 0 Å². The summed E-state index contributed by atoms with van der Waals surface area (Å²) in [6.45, 7) is 3.45. The molecule has 4 aromatic rings. The molecule has 0 aliphatic carbocycles. The number of carboxylic acids is 1. The number of nitrogens with zero attached hydrogens (tertiary/aromatic N) is 2. The van der Waals surface area contributed by atoms with Crippen molar-refractivity contribution in [1.82, 2.24) is 9.97 Å². The van der Waals surface area contributed by atoms with Crippen LogP contribution in [0.4, 0.5) is 5.69 Å². The number of rotatable bonds is 8. The Balaban J connectivity index is 1.37. The van der Waals surface area contributed by atoms with E-state index in [4.69, 9.17) is 4.42 Å². The zero-order chi connectivity index (χ0) is 23.4. The highest BCUT2D eigenvalue weighted by Crippen LogP contribution is 2.30. The maximum atomic E-state index is 12.6. The van der Waals surface area contributed by atoms with Crippen LogP contribution in [0.3, 0.4) is 0 Å². The molecule has 1 amide bonds. The SMILES string of the molecule is CC(C)(CCc1ncc(-c2ccc(NC(=O)c3ccc(-c4cnco4)cc3)cc2)s1)C(=O)O. The second-order valence-corrected chi connectivity index (χ2v) is 9.40. The average molecular weight is 462 g/mol. The maximum absolute atomic E-state index is 12.6. The molecule has 0 aliphatic heterocycles. The van der Waals surface area contributed by atoms with Gasteiger partial charge in [-0.3, -0.25) is 9.59 Å². The van der Waals surface area contributed by atoms with E-state index in [-0.39, 0.29) is 5.91 Å². The largest absolute Gasteiger partial charge is 0.481 e. The van der Waals surface area contributed by atoms with Gasteiger partial charge in [0.2, 0.25) is 0 Å². The van der Waals surface area contributed by atoms with Gasteiger partial charge in [-0.1, -0.05) is 24.3 Å². The van der Waals surface area contributed by atoms with E-state index in [9.17, 15) is 14.7 Å². The van der Waals surface area contributed by atoms with Crippen LogP contribution in [0.5, 0.6) is 0 Å². The first-order valence-corrected chi connectivity index (χ1v) is 11.2. The Kier molecular flexibility index (Phi) is 6.37. The van der Waals surface area contributed by atoms with Gasteiger partial charge in [-0.15, -0.1) is 11.3 Å². The maximum Gasteiger partial charge on any atom is 0.309 e. The summed E-state index contributed by atoms with van der Waals surface area (Å²) in [5.41, 5.74) is 2.30. The first-order valence-electron chi connectivity index (χ1n) is 10.4. The van der Waals surface area contributed by atoms with Crippen molar-refractivity contribution >= 4 is 28.9 Å². The third kappa shape index (κ3) is 5.35. The highest BCUT2D eigenvalue weighted by Gasteiger charge is 2.27. The number of anilines is 1. The van der Waals surface area contributed by atoms with Gasteiger partial charge in [0.25, 0.3) is 5.91 Å². The molecule has 0 aliphatic rings.